The number of carbonyl (C=O) groups excluding carboxylic acids is 2. The number of hydrogen-bond acceptors (Lipinski definition) is 3. The molecule has 19 heavy (non-hydrogen) atoms. The summed E-state index contributed by atoms with van der Waals surface area (Å²) >= 11 is 5.74. The van der Waals surface area contributed by atoms with E-state index in [0.717, 1.165) is 6.42 Å². The van der Waals surface area contributed by atoms with Gasteiger partial charge in [-0.05, 0) is 37.1 Å². The van der Waals surface area contributed by atoms with Crippen LogP contribution >= 0.6 is 11.6 Å². The monoisotopic (exact) mass is 283 g/mol. The molecule has 1 amide bonds. The van der Waals surface area contributed by atoms with Crippen molar-refractivity contribution in [2.45, 2.75) is 32.6 Å². The average Bonchev–Trinajstić information content (AvgIpc) is 2.39. The van der Waals surface area contributed by atoms with Crippen LogP contribution in [0.1, 0.15) is 32.6 Å². The van der Waals surface area contributed by atoms with Crippen LogP contribution in [0.5, 0.6) is 0 Å². The number of amides is 1. The van der Waals surface area contributed by atoms with Crippen molar-refractivity contribution in [3.63, 3.8) is 0 Å². The number of anilines is 1. The standard InChI is InChI=1S/C14H18ClNO3/c1-2-10-19-14(18)5-3-4-13(17)16-12-8-6-11(15)7-9-12/h6-9H,2-5,10H2,1H3,(H,16,17). The Morgan fingerprint density at radius 3 is 2.53 bits per heavy atom. The molecule has 5 heteroatoms. The minimum absolute atomic E-state index is 0.120. The molecule has 0 heterocycles. The van der Waals surface area contributed by atoms with Crippen LogP contribution < -0.4 is 5.32 Å². The largest absolute Gasteiger partial charge is 0.466 e. The summed E-state index contributed by atoms with van der Waals surface area (Å²) in [6.07, 6.45) is 1.86. The molecular formula is C14H18ClNO3. The van der Waals surface area contributed by atoms with E-state index in [2.05, 4.69) is 5.32 Å². The highest BCUT2D eigenvalue weighted by molar-refractivity contribution is 6.30. The molecule has 0 radical (unpaired) electrons. The summed E-state index contributed by atoms with van der Waals surface area (Å²) in [6, 6.07) is 6.88. The van der Waals surface area contributed by atoms with E-state index in [9.17, 15) is 9.59 Å². The van der Waals surface area contributed by atoms with Gasteiger partial charge in [0.2, 0.25) is 5.91 Å². The molecule has 0 unspecified atom stereocenters. The number of benzene rings is 1. The Morgan fingerprint density at radius 2 is 1.89 bits per heavy atom. The molecule has 1 rings (SSSR count). The van der Waals surface area contributed by atoms with Gasteiger partial charge in [-0.1, -0.05) is 18.5 Å². The maximum atomic E-state index is 11.6. The fraction of sp³-hybridized carbons (Fsp3) is 0.429. The van der Waals surface area contributed by atoms with Crippen molar-refractivity contribution in [3.05, 3.63) is 29.3 Å². The molecule has 0 atom stereocenters. The Kier molecular flexibility index (Phi) is 6.97. The first-order chi connectivity index (χ1) is 9.11. The zero-order valence-electron chi connectivity index (χ0n) is 10.9. The minimum Gasteiger partial charge on any atom is -0.466 e. The predicted molar refractivity (Wildman–Crippen MR) is 75.2 cm³/mol. The summed E-state index contributed by atoms with van der Waals surface area (Å²) in [5.74, 6) is -0.369. The average molecular weight is 284 g/mol. The van der Waals surface area contributed by atoms with Gasteiger partial charge in [0.25, 0.3) is 0 Å². The molecule has 1 aromatic carbocycles. The molecule has 0 aliphatic heterocycles. The summed E-state index contributed by atoms with van der Waals surface area (Å²) in [7, 11) is 0. The van der Waals surface area contributed by atoms with Gasteiger partial charge in [0.15, 0.2) is 0 Å². The van der Waals surface area contributed by atoms with E-state index in [4.69, 9.17) is 16.3 Å². The smallest absolute Gasteiger partial charge is 0.305 e. The van der Waals surface area contributed by atoms with Gasteiger partial charge < -0.3 is 10.1 Å². The number of halogens is 1. The summed E-state index contributed by atoms with van der Waals surface area (Å²) in [4.78, 5) is 22.8. The van der Waals surface area contributed by atoms with E-state index in [1.165, 1.54) is 0 Å². The highest BCUT2D eigenvalue weighted by Gasteiger charge is 2.06. The number of nitrogens with one attached hydrogen (secondary N) is 1. The summed E-state index contributed by atoms with van der Waals surface area (Å²) < 4.78 is 4.92. The van der Waals surface area contributed by atoms with Crippen LogP contribution in [-0.2, 0) is 14.3 Å². The third kappa shape index (κ3) is 6.82. The summed E-state index contributed by atoms with van der Waals surface area (Å²) in [5, 5.41) is 3.36. The number of ether oxygens (including phenoxy) is 1. The van der Waals surface area contributed by atoms with Gasteiger partial charge in [-0.2, -0.15) is 0 Å². The Labute approximate surface area is 118 Å². The van der Waals surface area contributed by atoms with Gasteiger partial charge in [0, 0.05) is 23.6 Å². The van der Waals surface area contributed by atoms with E-state index >= 15 is 0 Å². The minimum atomic E-state index is -0.249. The van der Waals surface area contributed by atoms with Crippen LogP contribution in [0.25, 0.3) is 0 Å². The predicted octanol–water partition coefficient (Wildman–Crippen LogP) is 3.40. The van der Waals surface area contributed by atoms with Gasteiger partial charge in [-0.15, -0.1) is 0 Å². The fourth-order valence-electron chi connectivity index (χ4n) is 1.44. The summed E-state index contributed by atoms with van der Waals surface area (Å²) in [5.41, 5.74) is 0.697. The second kappa shape index (κ2) is 8.53. The van der Waals surface area contributed by atoms with Gasteiger partial charge in [0.1, 0.15) is 0 Å². The number of carbonyl (C=O) groups is 2. The Balaban J connectivity index is 2.21. The molecule has 4 nitrogen and oxygen atoms in total. The van der Waals surface area contributed by atoms with Crippen molar-refractivity contribution in [2.75, 3.05) is 11.9 Å². The SMILES string of the molecule is CCCOC(=O)CCCC(=O)Nc1ccc(Cl)cc1. The number of rotatable bonds is 7. The lowest BCUT2D eigenvalue weighted by atomic mass is 10.2. The lowest BCUT2D eigenvalue weighted by Crippen LogP contribution is -2.12. The van der Waals surface area contributed by atoms with Crippen LogP contribution in [0, 0.1) is 0 Å². The molecule has 0 saturated heterocycles. The van der Waals surface area contributed by atoms with Crippen molar-refractivity contribution >= 4 is 29.2 Å². The molecule has 0 aliphatic carbocycles. The van der Waals surface area contributed by atoms with Crippen molar-refractivity contribution < 1.29 is 14.3 Å². The number of esters is 1. The molecule has 104 valence electrons. The maximum Gasteiger partial charge on any atom is 0.305 e. The van der Waals surface area contributed by atoms with Crippen LogP contribution in [0.4, 0.5) is 5.69 Å². The molecule has 1 N–H and O–H groups in total. The second-order valence-corrected chi connectivity index (χ2v) is 4.57. The Bertz CT molecular complexity index is 417. The first-order valence-electron chi connectivity index (χ1n) is 6.33. The van der Waals surface area contributed by atoms with Crippen LogP contribution in [0.2, 0.25) is 5.02 Å². The van der Waals surface area contributed by atoms with E-state index in [-0.39, 0.29) is 18.3 Å². The Hall–Kier alpha value is -1.55. The first kappa shape index (κ1) is 15.5. The highest BCUT2D eigenvalue weighted by atomic mass is 35.5. The fourth-order valence-corrected chi connectivity index (χ4v) is 1.56. The zero-order valence-corrected chi connectivity index (χ0v) is 11.7. The molecule has 0 saturated carbocycles. The Morgan fingerprint density at radius 1 is 1.21 bits per heavy atom. The first-order valence-corrected chi connectivity index (χ1v) is 6.70. The maximum absolute atomic E-state index is 11.6. The van der Waals surface area contributed by atoms with Gasteiger partial charge in [-0.3, -0.25) is 9.59 Å². The zero-order chi connectivity index (χ0) is 14.1. The van der Waals surface area contributed by atoms with Crippen molar-refractivity contribution in [1.82, 2.24) is 0 Å². The van der Waals surface area contributed by atoms with Gasteiger partial charge >= 0.3 is 5.97 Å². The van der Waals surface area contributed by atoms with Crippen molar-refractivity contribution in [2.24, 2.45) is 0 Å². The van der Waals surface area contributed by atoms with Crippen molar-refractivity contribution in [3.8, 4) is 0 Å². The molecule has 0 aromatic heterocycles. The van der Waals surface area contributed by atoms with Crippen molar-refractivity contribution in [1.29, 1.82) is 0 Å². The third-order valence-corrected chi connectivity index (χ3v) is 2.63. The second-order valence-electron chi connectivity index (χ2n) is 4.13. The highest BCUT2D eigenvalue weighted by Crippen LogP contribution is 2.13. The third-order valence-electron chi connectivity index (χ3n) is 2.38. The quantitative estimate of drug-likeness (QED) is 0.780. The molecule has 0 aliphatic rings. The van der Waals surface area contributed by atoms with E-state index in [0.29, 0.717) is 30.2 Å². The normalized spacial score (nSPS) is 10.0. The molecular weight excluding hydrogens is 266 g/mol. The van der Waals surface area contributed by atoms with E-state index < -0.39 is 0 Å². The van der Waals surface area contributed by atoms with Gasteiger partial charge in [-0.25, -0.2) is 0 Å². The van der Waals surface area contributed by atoms with Crippen LogP contribution in [-0.4, -0.2) is 18.5 Å². The summed E-state index contributed by atoms with van der Waals surface area (Å²) in [6.45, 7) is 2.38. The molecule has 0 fully saturated rings. The molecule has 0 bridgehead atoms. The van der Waals surface area contributed by atoms with Gasteiger partial charge in [0.05, 0.1) is 6.61 Å². The lowest BCUT2D eigenvalue weighted by molar-refractivity contribution is -0.143. The molecule has 0 spiro atoms. The number of hydrogen-bond donors (Lipinski definition) is 1. The molecule has 1 aromatic rings. The van der Waals surface area contributed by atoms with Crippen LogP contribution in [0.15, 0.2) is 24.3 Å². The topological polar surface area (TPSA) is 55.4 Å². The van der Waals surface area contributed by atoms with E-state index in [1.807, 2.05) is 6.92 Å². The lowest BCUT2D eigenvalue weighted by Gasteiger charge is -2.05. The van der Waals surface area contributed by atoms with E-state index in [1.54, 1.807) is 24.3 Å². The van der Waals surface area contributed by atoms with Crippen LogP contribution in [0.3, 0.4) is 0 Å².